The van der Waals surface area contributed by atoms with Crippen molar-refractivity contribution in [3.8, 4) is 0 Å². The maximum atomic E-state index is 10.7. The molecule has 3 nitrogen and oxygen atoms in total. The molecule has 0 aliphatic carbocycles. The molecule has 0 radical (unpaired) electrons. The highest BCUT2D eigenvalue weighted by Crippen LogP contribution is 2.08. The molecule has 0 aromatic rings. The number of unbranched alkanes of at least 4 members (excludes halogenated alkanes) is 8. The summed E-state index contributed by atoms with van der Waals surface area (Å²) < 4.78 is 10.6. The zero-order valence-electron chi connectivity index (χ0n) is 13.4. The first-order valence-electron chi connectivity index (χ1n) is 8.21. The predicted octanol–water partition coefficient (Wildman–Crippen LogP) is 5.00. The van der Waals surface area contributed by atoms with Crippen molar-refractivity contribution in [3.05, 3.63) is 11.8 Å². The van der Waals surface area contributed by atoms with Crippen molar-refractivity contribution in [2.24, 2.45) is 0 Å². The lowest BCUT2D eigenvalue weighted by molar-refractivity contribution is -0.111. The molecule has 0 spiro atoms. The molecule has 0 aliphatic rings. The van der Waals surface area contributed by atoms with Gasteiger partial charge in [-0.25, -0.2) is 0 Å². The molecule has 0 aromatic heterocycles. The molecule has 0 aliphatic heterocycles. The van der Waals surface area contributed by atoms with Crippen LogP contribution in [-0.2, 0) is 14.3 Å². The SMILES string of the molecule is CCCC=C(C=O)OCOCCCCCCCCCC. The van der Waals surface area contributed by atoms with Crippen LogP contribution in [0.2, 0.25) is 0 Å². The maximum absolute atomic E-state index is 10.7. The highest BCUT2D eigenvalue weighted by Gasteiger charge is 1.96. The van der Waals surface area contributed by atoms with Crippen LogP contribution in [0.4, 0.5) is 0 Å². The fraction of sp³-hybridized carbons (Fsp3) is 0.824. The average molecular weight is 284 g/mol. The normalized spacial score (nSPS) is 11.6. The first-order valence-corrected chi connectivity index (χ1v) is 8.21. The van der Waals surface area contributed by atoms with E-state index >= 15 is 0 Å². The molecule has 118 valence electrons. The van der Waals surface area contributed by atoms with Gasteiger partial charge in [0.2, 0.25) is 0 Å². The summed E-state index contributed by atoms with van der Waals surface area (Å²) in [6.07, 6.45) is 14.8. The van der Waals surface area contributed by atoms with Gasteiger partial charge in [0, 0.05) is 0 Å². The van der Waals surface area contributed by atoms with Gasteiger partial charge in [0.25, 0.3) is 0 Å². The first kappa shape index (κ1) is 19.2. The standard InChI is InChI=1S/C17H32O3/c1-3-5-7-8-9-10-11-12-14-19-16-20-17(15-18)13-6-4-2/h13,15H,3-12,14,16H2,1-2H3. The lowest BCUT2D eigenvalue weighted by Crippen LogP contribution is -2.02. The van der Waals surface area contributed by atoms with Gasteiger partial charge in [0.05, 0.1) is 6.61 Å². The second-order valence-electron chi connectivity index (χ2n) is 5.16. The highest BCUT2D eigenvalue weighted by molar-refractivity contribution is 5.69. The van der Waals surface area contributed by atoms with E-state index in [1.165, 1.54) is 44.9 Å². The molecule has 0 saturated carbocycles. The number of aldehydes is 1. The van der Waals surface area contributed by atoms with Crippen molar-refractivity contribution in [1.82, 2.24) is 0 Å². The van der Waals surface area contributed by atoms with Crippen LogP contribution in [0.1, 0.15) is 78.1 Å². The maximum Gasteiger partial charge on any atom is 0.189 e. The molecule has 20 heavy (non-hydrogen) atoms. The van der Waals surface area contributed by atoms with Crippen LogP contribution in [0.3, 0.4) is 0 Å². The van der Waals surface area contributed by atoms with E-state index < -0.39 is 0 Å². The van der Waals surface area contributed by atoms with Crippen molar-refractivity contribution in [3.63, 3.8) is 0 Å². The van der Waals surface area contributed by atoms with E-state index in [4.69, 9.17) is 9.47 Å². The van der Waals surface area contributed by atoms with Crippen LogP contribution in [0.15, 0.2) is 11.8 Å². The Labute approximate surface area is 124 Å². The summed E-state index contributed by atoms with van der Waals surface area (Å²) in [5, 5.41) is 0. The van der Waals surface area contributed by atoms with E-state index in [0.717, 1.165) is 32.2 Å². The molecule has 0 heterocycles. The fourth-order valence-electron chi connectivity index (χ4n) is 1.93. The van der Waals surface area contributed by atoms with Crippen LogP contribution >= 0.6 is 0 Å². The third-order valence-electron chi connectivity index (χ3n) is 3.20. The molecule has 0 atom stereocenters. The Kier molecular flexibility index (Phi) is 15.6. The molecular weight excluding hydrogens is 252 g/mol. The van der Waals surface area contributed by atoms with Gasteiger partial charge in [-0.3, -0.25) is 4.79 Å². The van der Waals surface area contributed by atoms with E-state index in [1.54, 1.807) is 0 Å². The molecule has 0 N–H and O–H groups in total. The number of allylic oxidation sites excluding steroid dienone is 2. The molecule has 0 amide bonds. The third kappa shape index (κ3) is 13.6. The number of hydrogen-bond acceptors (Lipinski definition) is 3. The third-order valence-corrected chi connectivity index (χ3v) is 3.20. The Morgan fingerprint density at radius 3 is 2.15 bits per heavy atom. The Morgan fingerprint density at radius 2 is 1.55 bits per heavy atom. The van der Waals surface area contributed by atoms with Gasteiger partial charge in [0.15, 0.2) is 18.8 Å². The summed E-state index contributed by atoms with van der Waals surface area (Å²) >= 11 is 0. The zero-order chi connectivity index (χ0) is 14.9. The van der Waals surface area contributed by atoms with Crippen molar-refractivity contribution < 1.29 is 14.3 Å². The van der Waals surface area contributed by atoms with Crippen LogP contribution in [-0.4, -0.2) is 19.7 Å². The molecule has 0 fully saturated rings. The van der Waals surface area contributed by atoms with Gasteiger partial charge in [0.1, 0.15) is 0 Å². The summed E-state index contributed by atoms with van der Waals surface area (Å²) in [5.74, 6) is 0.391. The molecule has 0 bridgehead atoms. The summed E-state index contributed by atoms with van der Waals surface area (Å²) in [5.41, 5.74) is 0. The topological polar surface area (TPSA) is 35.5 Å². The number of carbonyl (C=O) groups excluding carboxylic acids is 1. The van der Waals surface area contributed by atoms with Crippen LogP contribution < -0.4 is 0 Å². The molecule has 0 aromatic carbocycles. The van der Waals surface area contributed by atoms with Crippen molar-refractivity contribution in [1.29, 1.82) is 0 Å². The Hall–Kier alpha value is -0.830. The van der Waals surface area contributed by atoms with Crippen LogP contribution in [0, 0.1) is 0 Å². The Bertz CT molecular complexity index is 236. The van der Waals surface area contributed by atoms with E-state index in [9.17, 15) is 4.79 Å². The fourth-order valence-corrected chi connectivity index (χ4v) is 1.93. The zero-order valence-corrected chi connectivity index (χ0v) is 13.4. The monoisotopic (exact) mass is 284 g/mol. The van der Waals surface area contributed by atoms with Crippen molar-refractivity contribution in [2.45, 2.75) is 78.1 Å². The number of ether oxygens (including phenoxy) is 2. The predicted molar refractivity (Wildman–Crippen MR) is 83.6 cm³/mol. The summed E-state index contributed by atoms with van der Waals surface area (Å²) in [7, 11) is 0. The van der Waals surface area contributed by atoms with Crippen LogP contribution in [0.25, 0.3) is 0 Å². The van der Waals surface area contributed by atoms with E-state index in [0.29, 0.717) is 5.76 Å². The second kappa shape index (κ2) is 16.2. The number of rotatable bonds is 15. The highest BCUT2D eigenvalue weighted by atomic mass is 16.7. The minimum Gasteiger partial charge on any atom is -0.464 e. The number of carbonyl (C=O) groups is 1. The van der Waals surface area contributed by atoms with Crippen molar-refractivity contribution in [2.75, 3.05) is 13.4 Å². The van der Waals surface area contributed by atoms with Crippen molar-refractivity contribution >= 4 is 6.29 Å². The minimum absolute atomic E-state index is 0.185. The lowest BCUT2D eigenvalue weighted by atomic mass is 10.1. The summed E-state index contributed by atoms with van der Waals surface area (Å²) in [6.45, 7) is 5.21. The minimum atomic E-state index is 0.185. The van der Waals surface area contributed by atoms with Gasteiger partial charge in [-0.1, -0.05) is 65.2 Å². The van der Waals surface area contributed by atoms with E-state index in [-0.39, 0.29) is 6.79 Å². The molecule has 0 unspecified atom stereocenters. The molecule has 0 rings (SSSR count). The summed E-state index contributed by atoms with van der Waals surface area (Å²) in [4.78, 5) is 10.7. The first-order chi connectivity index (χ1) is 9.85. The average Bonchev–Trinajstić information content (AvgIpc) is 2.48. The van der Waals surface area contributed by atoms with Gasteiger partial charge in [-0.15, -0.1) is 0 Å². The van der Waals surface area contributed by atoms with Gasteiger partial charge in [-0.2, -0.15) is 0 Å². The summed E-state index contributed by atoms with van der Waals surface area (Å²) in [6, 6.07) is 0. The second-order valence-corrected chi connectivity index (χ2v) is 5.16. The van der Waals surface area contributed by atoms with Crippen LogP contribution in [0.5, 0.6) is 0 Å². The van der Waals surface area contributed by atoms with Gasteiger partial charge < -0.3 is 9.47 Å². The Morgan fingerprint density at radius 1 is 0.900 bits per heavy atom. The smallest absolute Gasteiger partial charge is 0.189 e. The van der Waals surface area contributed by atoms with E-state index in [1.807, 2.05) is 6.08 Å². The number of hydrogen-bond donors (Lipinski definition) is 0. The largest absolute Gasteiger partial charge is 0.464 e. The Balaban J connectivity index is 3.25. The molecule has 3 heteroatoms. The van der Waals surface area contributed by atoms with Gasteiger partial charge in [-0.05, 0) is 18.9 Å². The molecule has 0 saturated heterocycles. The quantitative estimate of drug-likeness (QED) is 0.139. The van der Waals surface area contributed by atoms with Gasteiger partial charge >= 0.3 is 0 Å². The molecular formula is C17H32O3. The lowest BCUT2D eigenvalue weighted by Gasteiger charge is -2.06. The van der Waals surface area contributed by atoms with E-state index in [2.05, 4.69) is 13.8 Å².